The first-order valence-electron chi connectivity index (χ1n) is 8.83. The zero-order valence-corrected chi connectivity index (χ0v) is 17.4. The summed E-state index contributed by atoms with van der Waals surface area (Å²) < 4.78 is 7.81. The molecule has 1 unspecified atom stereocenters. The van der Waals surface area contributed by atoms with Gasteiger partial charge in [-0.2, -0.15) is 9.50 Å². The number of hydrogen-bond donors (Lipinski definition) is 0. The third-order valence-corrected chi connectivity index (χ3v) is 6.17. The second-order valence-electron chi connectivity index (χ2n) is 6.61. The third-order valence-electron chi connectivity index (χ3n) is 4.67. The molecule has 0 fully saturated rings. The molecule has 0 N–H and O–H groups in total. The molecule has 144 valence electrons. The lowest BCUT2D eigenvalue weighted by molar-refractivity contribution is 0.259. The highest BCUT2D eigenvalue weighted by molar-refractivity contribution is 7.15. The number of thiazole rings is 1. The van der Waals surface area contributed by atoms with Crippen LogP contribution in [0.4, 0.5) is 0 Å². The molecule has 4 aromatic rings. The molecule has 1 aliphatic rings. The number of nitrogens with zero attached hydrogens (tertiary/aromatic N) is 3. The molecule has 0 spiro atoms. The number of aromatic nitrogens is 3. The SMILES string of the molecule is CC1Oc2ccccc2C=C1C=c1sc2nc(-c3ccc(Cl)cc3Cl)nn2c1=O. The second kappa shape index (κ2) is 6.99. The van der Waals surface area contributed by atoms with Gasteiger partial charge in [0.15, 0.2) is 5.82 Å². The maximum absolute atomic E-state index is 12.9. The number of hydrogen-bond acceptors (Lipinski definition) is 5. The van der Waals surface area contributed by atoms with Gasteiger partial charge in [-0.1, -0.05) is 52.7 Å². The van der Waals surface area contributed by atoms with Crippen LogP contribution in [0.25, 0.3) is 28.5 Å². The molecule has 2 aromatic heterocycles. The van der Waals surface area contributed by atoms with Gasteiger partial charge in [0.2, 0.25) is 4.96 Å². The Morgan fingerprint density at radius 3 is 2.83 bits per heavy atom. The van der Waals surface area contributed by atoms with Gasteiger partial charge in [-0.15, -0.1) is 5.10 Å². The maximum atomic E-state index is 12.9. The molecular weight excluding hydrogens is 429 g/mol. The van der Waals surface area contributed by atoms with Crippen molar-refractivity contribution < 1.29 is 4.74 Å². The van der Waals surface area contributed by atoms with Crippen LogP contribution in [0.15, 0.2) is 52.8 Å². The van der Waals surface area contributed by atoms with Gasteiger partial charge < -0.3 is 4.74 Å². The average Bonchev–Trinajstić information content (AvgIpc) is 3.22. The monoisotopic (exact) mass is 441 g/mol. The number of benzene rings is 2. The Hall–Kier alpha value is -2.67. The first-order chi connectivity index (χ1) is 14.0. The summed E-state index contributed by atoms with van der Waals surface area (Å²) in [5.41, 5.74) is 2.32. The van der Waals surface area contributed by atoms with Gasteiger partial charge in [-0.25, -0.2) is 0 Å². The van der Waals surface area contributed by atoms with Gasteiger partial charge in [-0.3, -0.25) is 4.79 Å². The molecule has 0 saturated carbocycles. The first-order valence-corrected chi connectivity index (χ1v) is 10.4. The predicted molar refractivity (Wildman–Crippen MR) is 117 cm³/mol. The van der Waals surface area contributed by atoms with Gasteiger partial charge >= 0.3 is 0 Å². The summed E-state index contributed by atoms with van der Waals surface area (Å²) in [5, 5.41) is 5.31. The van der Waals surface area contributed by atoms with Gasteiger partial charge in [0.1, 0.15) is 11.9 Å². The number of fused-ring (bicyclic) bond motifs is 2. The zero-order chi connectivity index (χ0) is 20.1. The van der Waals surface area contributed by atoms with E-state index in [0.717, 1.165) is 16.9 Å². The highest BCUT2D eigenvalue weighted by atomic mass is 35.5. The van der Waals surface area contributed by atoms with E-state index in [1.165, 1.54) is 15.9 Å². The highest BCUT2D eigenvalue weighted by Gasteiger charge is 2.19. The van der Waals surface area contributed by atoms with Crippen molar-refractivity contribution in [3.8, 4) is 17.1 Å². The molecule has 5 rings (SSSR count). The molecule has 0 aliphatic carbocycles. The van der Waals surface area contributed by atoms with E-state index in [-0.39, 0.29) is 11.7 Å². The molecule has 5 nitrogen and oxygen atoms in total. The van der Waals surface area contributed by atoms with E-state index in [0.29, 0.717) is 30.9 Å². The molecule has 1 atom stereocenters. The third kappa shape index (κ3) is 3.23. The maximum Gasteiger partial charge on any atom is 0.291 e. The molecule has 0 saturated heterocycles. The van der Waals surface area contributed by atoms with Crippen molar-refractivity contribution in [2.75, 3.05) is 0 Å². The van der Waals surface area contributed by atoms with Gasteiger partial charge in [0.25, 0.3) is 5.56 Å². The normalized spacial score (nSPS) is 16.6. The van der Waals surface area contributed by atoms with Crippen molar-refractivity contribution >= 4 is 51.7 Å². The van der Waals surface area contributed by atoms with Crippen LogP contribution in [-0.2, 0) is 0 Å². The van der Waals surface area contributed by atoms with Gasteiger partial charge in [0, 0.05) is 16.1 Å². The van der Waals surface area contributed by atoms with Crippen LogP contribution in [0.3, 0.4) is 0 Å². The van der Waals surface area contributed by atoms with Crippen LogP contribution >= 0.6 is 34.5 Å². The smallest absolute Gasteiger partial charge is 0.291 e. The molecular formula is C21H13Cl2N3O2S. The molecule has 0 bridgehead atoms. The Bertz CT molecular complexity index is 1410. The van der Waals surface area contributed by atoms with E-state index >= 15 is 0 Å². The molecule has 3 heterocycles. The quantitative estimate of drug-likeness (QED) is 0.459. The summed E-state index contributed by atoms with van der Waals surface area (Å²) in [6.07, 6.45) is 3.73. The minimum Gasteiger partial charge on any atom is -0.485 e. The minimum atomic E-state index is -0.221. The molecule has 1 aliphatic heterocycles. The van der Waals surface area contributed by atoms with Crippen molar-refractivity contribution in [1.29, 1.82) is 0 Å². The van der Waals surface area contributed by atoms with Crippen LogP contribution in [0.1, 0.15) is 12.5 Å². The summed E-state index contributed by atoms with van der Waals surface area (Å²) >= 11 is 13.5. The second-order valence-corrected chi connectivity index (χ2v) is 8.46. The topological polar surface area (TPSA) is 56.5 Å². The van der Waals surface area contributed by atoms with Crippen LogP contribution < -0.4 is 14.8 Å². The lowest BCUT2D eigenvalue weighted by atomic mass is 10.0. The van der Waals surface area contributed by atoms with Crippen molar-refractivity contribution in [3.63, 3.8) is 0 Å². The lowest BCUT2D eigenvalue weighted by Crippen LogP contribution is -2.26. The van der Waals surface area contributed by atoms with E-state index < -0.39 is 0 Å². The predicted octanol–water partition coefficient (Wildman–Crippen LogP) is 4.49. The highest BCUT2D eigenvalue weighted by Crippen LogP contribution is 2.30. The van der Waals surface area contributed by atoms with E-state index in [1.807, 2.05) is 43.3 Å². The minimum absolute atomic E-state index is 0.157. The summed E-state index contributed by atoms with van der Waals surface area (Å²) in [5.74, 6) is 1.23. The molecule has 8 heteroatoms. The number of para-hydroxylation sites is 1. The Balaban J connectivity index is 1.59. The Morgan fingerprint density at radius 2 is 2.03 bits per heavy atom. The van der Waals surface area contributed by atoms with E-state index in [4.69, 9.17) is 27.9 Å². The number of ether oxygens (including phenoxy) is 1. The summed E-state index contributed by atoms with van der Waals surface area (Å²) in [7, 11) is 0. The zero-order valence-electron chi connectivity index (χ0n) is 15.1. The lowest BCUT2D eigenvalue weighted by Gasteiger charge is -2.22. The van der Waals surface area contributed by atoms with Crippen LogP contribution in [0, 0.1) is 0 Å². The Kier molecular flexibility index (Phi) is 4.42. The molecule has 29 heavy (non-hydrogen) atoms. The van der Waals surface area contributed by atoms with Crippen molar-refractivity contribution in [2.24, 2.45) is 0 Å². The van der Waals surface area contributed by atoms with Crippen LogP contribution in [0.5, 0.6) is 5.75 Å². The molecule has 2 aromatic carbocycles. The van der Waals surface area contributed by atoms with E-state index in [2.05, 4.69) is 10.1 Å². The molecule has 0 amide bonds. The largest absolute Gasteiger partial charge is 0.485 e. The summed E-state index contributed by atoms with van der Waals surface area (Å²) in [4.78, 5) is 17.8. The van der Waals surface area contributed by atoms with Gasteiger partial charge in [0.05, 0.1) is 9.55 Å². The van der Waals surface area contributed by atoms with Crippen molar-refractivity contribution in [2.45, 2.75) is 13.0 Å². The Labute approximate surface area is 179 Å². The van der Waals surface area contributed by atoms with Crippen molar-refractivity contribution in [1.82, 2.24) is 14.6 Å². The summed E-state index contributed by atoms with van der Waals surface area (Å²) in [6, 6.07) is 12.9. The number of halogens is 2. The summed E-state index contributed by atoms with van der Waals surface area (Å²) in [6.45, 7) is 1.96. The van der Waals surface area contributed by atoms with E-state index in [1.54, 1.807) is 18.2 Å². The fraction of sp³-hybridized carbons (Fsp3) is 0.0952. The molecule has 0 radical (unpaired) electrons. The Morgan fingerprint density at radius 1 is 1.21 bits per heavy atom. The van der Waals surface area contributed by atoms with Gasteiger partial charge in [-0.05, 0) is 48.9 Å². The first kappa shape index (κ1) is 18.4. The van der Waals surface area contributed by atoms with Crippen LogP contribution in [0.2, 0.25) is 10.0 Å². The standard InChI is InChI=1S/C21H13Cl2N3O2S/c1-11-13(8-12-4-2-3-5-17(12)28-11)9-18-20(27)26-21(29-18)24-19(25-26)15-7-6-14(22)10-16(15)23/h2-11H,1H3. The van der Waals surface area contributed by atoms with Crippen LogP contribution in [-0.4, -0.2) is 20.7 Å². The van der Waals surface area contributed by atoms with E-state index in [9.17, 15) is 4.79 Å². The fourth-order valence-corrected chi connectivity index (χ4v) is 4.59. The average molecular weight is 442 g/mol. The number of rotatable bonds is 2. The fourth-order valence-electron chi connectivity index (χ4n) is 3.19. The van der Waals surface area contributed by atoms with Crippen molar-refractivity contribution in [3.05, 3.63) is 78.5 Å².